The molecule has 0 aromatic heterocycles. The summed E-state index contributed by atoms with van der Waals surface area (Å²) in [6.45, 7) is 0.850. The molecule has 2 rings (SSSR count). The van der Waals surface area contributed by atoms with Crippen LogP contribution in [0.3, 0.4) is 0 Å². The smallest absolute Gasteiger partial charge is 0.387 e. The number of benzene rings is 1. The maximum atomic E-state index is 12.3. The number of hydrogen-bond donors (Lipinski definition) is 2. The third kappa shape index (κ3) is 2.79. The molecule has 1 aromatic carbocycles. The zero-order valence-corrected chi connectivity index (χ0v) is 9.17. The average molecular weight is 245 g/mol. The van der Waals surface area contributed by atoms with E-state index in [0.717, 1.165) is 31.5 Å². The van der Waals surface area contributed by atoms with Gasteiger partial charge < -0.3 is 10.4 Å². The van der Waals surface area contributed by atoms with E-state index in [9.17, 15) is 18.3 Å². The Labute approximate surface area is 97.5 Å². The van der Waals surface area contributed by atoms with Gasteiger partial charge in [-0.2, -0.15) is 13.2 Å². The van der Waals surface area contributed by atoms with Crippen LogP contribution in [-0.4, -0.2) is 17.7 Å². The summed E-state index contributed by atoms with van der Waals surface area (Å²) in [5.74, 6) is 0. The van der Waals surface area contributed by atoms with Crippen LogP contribution in [0.1, 0.15) is 30.1 Å². The lowest BCUT2D eigenvalue weighted by atomic mass is 10.00. The molecule has 0 amide bonds. The molecule has 1 saturated heterocycles. The predicted molar refractivity (Wildman–Crippen MR) is 57.4 cm³/mol. The molecule has 0 radical (unpaired) electrons. The van der Waals surface area contributed by atoms with Gasteiger partial charge in [-0.3, -0.25) is 0 Å². The van der Waals surface area contributed by atoms with Gasteiger partial charge in [-0.1, -0.05) is 12.1 Å². The Morgan fingerprint density at radius 1 is 1.24 bits per heavy atom. The first kappa shape index (κ1) is 12.4. The topological polar surface area (TPSA) is 32.3 Å². The van der Waals surface area contributed by atoms with Gasteiger partial charge in [-0.25, -0.2) is 0 Å². The fourth-order valence-electron chi connectivity index (χ4n) is 2.08. The average Bonchev–Trinajstić information content (AvgIpc) is 2.80. The van der Waals surface area contributed by atoms with Crippen molar-refractivity contribution in [3.05, 3.63) is 35.4 Å². The summed E-state index contributed by atoms with van der Waals surface area (Å²) >= 11 is 0. The molecule has 0 aliphatic carbocycles. The first-order valence-corrected chi connectivity index (χ1v) is 5.57. The van der Waals surface area contributed by atoms with Crippen molar-refractivity contribution in [2.45, 2.75) is 31.2 Å². The summed E-state index contributed by atoms with van der Waals surface area (Å²) in [4.78, 5) is 0. The van der Waals surface area contributed by atoms with E-state index in [1.807, 2.05) is 0 Å². The van der Waals surface area contributed by atoms with Crippen LogP contribution in [0, 0.1) is 0 Å². The Morgan fingerprint density at radius 2 is 1.88 bits per heavy atom. The van der Waals surface area contributed by atoms with Gasteiger partial charge in [0.2, 0.25) is 0 Å². The van der Waals surface area contributed by atoms with Crippen LogP contribution in [0.2, 0.25) is 0 Å². The number of nitrogens with one attached hydrogen (secondary N) is 1. The van der Waals surface area contributed by atoms with Crippen LogP contribution in [0.25, 0.3) is 0 Å². The van der Waals surface area contributed by atoms with Gasteiger partial charge in [-0.15, -0.1) is 0 Å². The van der Waals surface area contributed by atoms with Crippen LogP contribution in [0.5, 0.6) is 0 Å². The minimum absolute atomic E-state index is 0.0493. The highest BCUT2D eigenvalue weighted by molar-refractivity contribution is 5.27. The molecule has 0 spiro atoms. The Bertz CT molecular complexity index is 368. The Kier molecular flexibility index (Phi) is 3.40. The fourth-order valence-corrected chi connectivity index (χ4v) is 2.08. The highest BCUT2D eigenvalue weighted by Crippen LogP contribution is 2.31. The molecule has 94 valence electrons. The minimum Gasteiger partial charge on any atom is -0.387 e. The molecule has 5 heteroatoms. The van der Waals surface area contributed by atoms with Gasteiger partial charge in [0.15, 0.2) is 0 Å². The van der Waals surface area contributed by atoms with E-state index >= 15 is 0 Å². The minimum atomic E-state index is -4.32. The first-order valence-electron chi connectivity index (χ1n) is 5.57. The molecular weight excluding hydrogens is 231 g/mol. The summed E-state index contributed by atoms with van der Waals surface area (Å²) in [6, 6.07) is 4.65. The van der Waals surface area contributed by atoms with Crippen molar-refractivity contribution < 1.29 is 18.3 Å². The number of rotatable bonds is 2. The zero-order valence-electron chi connectivity index (χ0n) is 9.17. The van der Waals surface area contributed by atoms with Gasteiger partial charge in [0, 0.05) is 6.04 Å². The van der Waals surface area contributed by atoms with Gasteiger partial charge in [0.05, 0.1) is 11.7 Å². The van der Waals surface area contributed by atoms with E-state index in [-0.39, 0.29) is 6.04 Å². The van der Waals surface area contributed by atoms with Crippen LogP contribution < -0.4 is 5.32 Å². The molecule has 1 aliphatic heterocycles. The zero-order chi connectivity index (χ0) is 12.5. The monoisotopic (exact) mass is 245 g/mol. The van der Waals surface area contributed by atoms with E-state index in [4.69, 9.17) is 0 Å². The lowest BCUT2D eigenvalue weighted by Gasteiger charge is -2.19. The summed E-state index contributed by atoms with van der Waals surface area (Å²) in [5.41, 5.74) is -0.162. The Balaban J connectivity index is 2.12. The maximum Gasteiger partial charge on any atom is 0.416 e. The summed E-state index contributed by atoms with van der Waals surface area (Å²) in [6.07, 6.45) is -3.22. The number of aliphatic hydroxyl groups excluding tert-OH is 1. The Hall–Kier alpha value is -1.07. The lowest BCUT2D eigenvalue weighted by Crippen LogP contribution is -2.28. The molecule has 0 saturated carbocycles. The third-order valence-corrected chi connectivity index (χ3v) is 3.06. The normalized spacial score (nSPS) is 22.7. The SMILES string of the molecule is OC(c1ccc(C(F)(F)F)cc1)C1CCCN1. The molecule has 1 fully saturated rings. The maximum absolute atomic E-state index is 12.3. The second kappa shape index (κ2) is 4.66. The molecular formula is C12H14F3NO. The largest absolute Gasteiger partial charge is 0.416 e. The first-order chi connectivity index (χ1) is 7.98. The molecule has 0 bridgehead atoms. The molecule has 2 nitrogen and oxygen atoms in total. The number of aliphatic hydroxyl groups is 1. The van der Waals surface area contributed by atoms with Crippen molar-refractivity contribution in [2.24, 2.45) is 0 Å². The fraction of sp³-hybridized carbons (Fsp3) is 0.500. The van der Waals surface area contributed by atoms with Gasteiger partial charge in [-0.05, 0) is 37.1 Å². The van der Waals surface area contributed by atoms with Crippen LogP contribution >= 0.6 is 0 Å². The highest BCUT2D eigenvalue weighted by atomic mass is 19.4. The number of halogens is 3. The number of alkyl halides is 3. The van der Waals surface area contributed by atoms with Crippen LogP contribution in [0.4, 0.5) is 13.2 Å². The molecule has 1 aliphatic rings. The van der Waals surface area contributed by atoms with E-state index in [1.165, 1.54) is 12.1 Å². The quantitative estimate of drug-likeness (QED) is 0.839. The second-order valence-corrected chi connectivity index (χ2v) is 4.27. The van der Waals surface area contributed by atoms with Crippen LogP contribution in [-0.2, 0) is 6.18 Å². The van der Waals surface area contributed by atoms with Crippen molar-refractivity contribution in [3.8, 4) is 0 Å². The standard InChI is InChI=1S/C12H14F3NO/c13-12(14,15)9-5-3-8(4-6-9)11(17)10-2-1-7-16-10/h3-6,10-11,16-17H,1-2,7H2. The van der Waals surface area contributed by atoms with E-state index < -0.39 is 17.8 Å². The van der Waals surface area contributed by atoms with Gasteiger partial charge >= 0.3 is 6.18 Å². The second-order valence-electron chi connectivity index (χ2n) is 4.27. The molecule has 2 unspecified atom stereocenters. The molecule has 1 aromatic rings. The van der Waals surface area contributed by atoms with Crippen molar-refractivity contribution >= 4 is 0 Å². The van der Waals surface area contributed by atoms with E-state index in [2.05, 4.69) is 5.32 Å². The molecule has 17 heavy (non-hydrogen) atoms. The van der Waals surface area contributed by atoms with E-state index in [1.54, 1.807) is 0 Å². The van der Waals surface area contributed by atoms with Crippen molar-refractivity contribution in [1.82, 2.24) is 5.32 Å². The third-order valence-electron chi connectivity index (χ3n) is 3.06. The summed E-state index contributed by atoms with van der Waals surface area (Å²) < 4.78 is 37.0. The summed E-state index contributed by atoms with van der Waals surface area (Å²) in [7, 11) is 0. The molecule has 2 N–H and O–H groups in total. The van der Waals surface area contributed by atoms with E-state index in [0.29, 0.717) is 5.56 Å². The molecule has 2 atom stereocenters. The van der Waals surface area contributed by atoms with Crippen molar-refractivity contribution in [3.63, 3.8) is 0 Å². The Morgan fingerprint density at radius 3 is 2.35 bits per heavy atom. The number of hydrogen-bond acceptors (Lipinski definition) is 2. The van der Waals surface area contributed by atoms with Crippen molar-refractivity contribution in [2.75, 3.05) is 6.54 Å². The van der Waals surface area contributed by atoms with Gasteiger partial charge in [0.25, 0.3) is 0 Å². The van der Waals surface area contributed by atoms with Crippen molar-refractivity contribution in [1.29, 1.82) is 0 Å². The highest BCUT2D eigenvalue weighted by Gasteiger charge is 2.31. The predicted octanol–water partition coefficient (Wildman–Crippen LogP) is 2.49. The lowest BCUT2D eigenvalue weighted by molar-refractivity contribution is -0.137. The van der Waals surface area contributed by atoms with Crippen LogP contribution in [0.15, 0.2) is 24.3 Å². The summed E-state index contributed by atoms with van der Waals surface area (Å²) in [5, 5.41) is 13.1. The van der Waals surface area contributed by atoms with Gasteiger partial charge in [0.1, 0.15) is 0 Å². The molecule has 1 heterocycles.